The molecule has 0 bridgehead atoms. The van der Waals surface area contributed by atoms with Gasteiger partial charge in [0.05, 0.1) is 0 Å². The van der Waals surface area contributed by atoms with Gasteiger partial charge in [-0.05, 0) is 41.0 Å². The van der Waals surface area contributed by atoms with Gasteiger partial charge >= 0.3 is 0 Å². The maximum Gasteiger partial charge on any atom is 0.246 e. The van der Waals surface area contributed by atoms with Crippen molar-refractivity contribution < 1.29 is 4.79 Å². The molecular formula is C14H15BrN4OS. The number of aromatic nitrogens is 2. The zero-order valence-corrected chi connectivity index (χ0v) is 13.8. The van der Waals surface area contributed by atoms with Gasteiger partial charge in [-0.3, -0.25) is 4.79 Å². The van der Waals surface area contributed by atoms with Gasteiger partial charge in [0.2, 0.25) is 5.91 Å². The van der Waals surface area contributed by atoms with E-state index in [9.17, 15) is 4.79 Å². The molecule has 1 aliphatic rings. The summed E-state index contributed by atoms with van der Waals surface area (Å²) < 4.78 is 0.961. The van der Waals surface area contributed by atoms with Crippen LogP contribution in [0.3, 0.4) is 0 Å². The number of rotatable bonds is 5. The Kier molecular flexibility index (Phi) is 4.32. The van der Waals surface area contributed by atoms with Gasteiger partial charge in [0.25, 0.3) is 0 Å². The first-order valence-corrected chi connectivity index (χ1v) is 8.35. The number of benzene rings is 1. The fraction of sp³-hybridized carbons (Fsp3) is 0.286. The standard InChI is InChI=1S/C14H15BrN4OS/c1-2-3-16-12-8-6-9(15)11(7-10(8)19-13(12)20)21-14-17-4-5-18-14/h4-7,12,16H,2-3H2,1H3,(H,17,18)(H,19,20). The third-order valence-corrected chi connectivity index (χ3v) is 5.11. The summed E-state index contributed by atoms with van der Waals surface area (Å²) in [5, 5.41) is 7.03. The zero-order chi connectivity index (χ0) is 14.8. The highest BCUT2D eigenvalue weighted by atomic mass is 79.9. The molecule has 0 saturated heterocycles. The number of imidazole rings is 1. The molecule has 0 aliphatic carbocycles. The van der Waals surface area contributed by atoms with Crippen molar-refractivity contribution >= 4 is 39.3 Å². The van der Waals surface area contributed by atoms with Crippen molar-refractivity contribution in [2.24, 2.45) is 0 Å². The van der Waals surface area contributed by atoms with Gasteiger partial charge in [0.15, 0.2) is 5.16 Å². The molecule has 3 N–H and O–H groups in total. The van der Waals surface area contributed by atoms with Crippen LogP contribution < -0.4 is 10.6 Å². The molecule has 1 aromatic heterocycles. The third-order valence-electron chi connectivity index (χ3n) is 3.21. The lowest BCUT2D eigenvalue weighted by molar-refractivity contribution is -0.117. The van der Waals surface area contributed by atoms with Gasteiger partial charge < -0.3 is 15.6 Å². The highest BCUT2D eigenvalue weighted by Crippen LogP contribution is 2.40. The molecule has 7 heteroatoms. The first kappa shape index (κ1) is 14.6. The molecule has 0 radical (unpaired) electrons. The highest BCUT2D eigenvalue weighted by molar-refractivity contribution is 9.10. The van der Waals surface area contributed by atoms with Crippen LogP contribution in [0.2, 0.25) is 0 Å². The second-order valence-corrected chi connectivity index (χ2v) is 6.63. The molecule has 1 atom stereocenters. The summed E-state index contributed by atoms with van der Waals surface area (Å²) in [6.07, 6.45) is 4.50. The monoisotopic (exact) mass is 366 g/mol. The van der Waals surface area contributed by atoms with Crippen molar-refractivity contribution in [3.8, 4) is 0 Å². The predicted molar refractivity (Wildman–Crippen MR) is 86.5 cm³/mol. The van der Waals surface area contributed by atoms with Crippen molar-refractivity contribution in [1.82, 2.24) is 15.3 Å². The van der Waals surface area contributed by atoms with Gasteiger partial charge in [-0.25, -0.2) is 4.98 Å². The number of nitrogens with zero attached hydrogens (tertiary/aromatic N) is 1. The Balaban J connectivity index is 1.88. The number of aromatic amines is 1. The summed E-state index contributed by atoms with van der Waals surface area (Å²) in [6.45, 7) is 2.90. The molecule has 2 aromatic rings. The second-order valence-electron chi connectivity index (χ2n) is 4.74. The van der Waals surface area contributed by atoms with Crippen LogP contribution in [-0.2, 0) is 4.79 Å². The number of anilines is 1. The van der Waals surface area contributed by atoms with Gasteiger partial charge in [0.1, 0.15) is 6.04 Å². The molecular weight excluding hydrogens is 352 g/mol. The Morgan fingerprint density at radius 2 is 2.33 bits per heavy atom. The molecule has 1 aliphatic heterocycles. The van der Waals surface area contributed by atoms with Gasteiger partial charge in [-0.1, -0.05) is 18.7 Å². The molecule has 5 nitrogen and oxygen atoms in total. The van der Waals surface area contributed by atoms with Crippen LogP contribution in [0.15, 0.2) is 39.1 Å². The minimum absolute atomic E-state index is 0.00509. The molecule has 21 heavy (non-hydrogen) atoms. The molecule has 1 amide bonds. The summed E-state index contributed by atoms with van der Waals surface area (Å²) in [4.78, 5) is 20.3. The molecule has 0 fully saturated rings. The third kappa shape index (κ3) is 3.00. The lowest BCUT2D eigenvalue weighted by Crippen LogP contribution is -2.27. The molecule has 0 saturated carbocycles. The van der Waals surface area contributed by atoms with Crippen LogP contribution in [0.25, 0.3) is 0 Å². The van der Waals surface area contributed by atoms with E-state index >= 15 is 0 Å². The molecule has 110 valence electrons. The number of fused-ring (bicyclic) bond motifs is 1. The zero-order valence-electron chi connectivity index (χ0n) is 11.4. The van der Waals surface area contributed by atoms with Crippen LogP contribution in [0.1, 0.15) is 24.9 Å². The topological polar surface area (TPSA) is 69.8 Å². The molecule has 1 aromatic carbocycles. The van der Waals surface area contributed by atoms with Crippen molar-refractivity contribution in [2.75, 3.05) is 11.9 Å². The van der Waals surface area contributed by atoms with Crippen LogP contribution in [-0.4, -0.2) is 22.4 Å². The van der Waals surface area contributed by atoms with E-state index < -0.39 is 0 Å². The average Bonchev–Trinajstić information content (AvgIpc) is 3.05. The maximum absolute atomic E-state index is 12.1. The Labute approximate surface area is 135 Å². The first-order chi connectivity index (χ1) is 10.2. The number of nitrogens with one attached hydrogen (secondary N) is 3. The van der Waals surface area contributed by atoms with E-state index in [-0.39, 0.29) is 11.9 Å². The second kappa shape index (κ2) is 6.21. The highest BCUT2D eigenvalue weighted by Gasteiger charge is 2.30. The average molecular weight is 367 g/mol. The maximum atomic E-state index is 12.1. The van der Waals surface area contributed by atoms with Crippen LogP contribution in [0.4, 0.5) is 5.69 Å². The van der Waals surface area contributed by atoms with Gasteiger partial charge in [-0.2, -0.15) is 0 Å². The fourth-order valence-corrected chi connectivity index (χ4v) is 3.63. The number of H-pyrrole nitrogens is 1. The number of halogens is 1. The minimum Gasteiger partial charge on any atom is -0.339 e. The van der Waals surface area contributed by atoms with Crippen molar-refractivity contribution in [3.05, 3.63) is 34.6 Å². The summed E-state index contributed by atoms with van der Waals surface area (Å²) in [5.41, 5.74) is 1.86. The lowest BCUT2D eigenvalue weighted by atomic mass is 10.1. The lowest BCUT2D eigenvalue weighted by Gasteiger charge is -2.11. The van der Waals surface area contributed by atoms with Crippen LogP contribution >= 0.6 is 27.7 Å². The smallest absolute Gasteiger partial charge is 0.246 e. The molecule has 0 spiro atoms. The predicted octanol–water partition coefficient (Wildman–Crippen LogP) is 3.32. The minimum atomic E-state index is -0.265. The van der Waals surface area contributed by atoms with Crippen molar-refractivity contribution in [2.45, 2.75) is 29.4 Å². The molecule has 2 heterocycles. The number of carbonyl (C=O) groups is 1. The fourth-order valence-electron chi connectivity index (χ4n) is 2.24. The first-order valence-electron chi connectivity index (χ1n) is 6.74. The summed E-state index contributed by atoms with van der Waals surface area (Å²) >= 11 is 5.10. The number of carbonyl (C=O) groups excluding carboxylic acids is 1. The van der Waals surface area contributed by atoms with E-state index in [1.807, 2.05) is 12.1 Å². The van der Waals surface area contributed by atoms with E-state index in [0.717, 1.165) is 38.7 Å². The Bertz CT molecular complexity index is 659. The number of hydrogen-bond donors (Lipinski definition) is 3. The van der Waals surface area contributed by atoms with E-state index in [4.69, 9.17) is 0 Å². The van der Waals surface area contributed by atoms with Gasteiger partial charge in [-0.15, -0.1) is 0 Å². The van der Waals surface area contributed by atoms with E-state index in [0.29, 0.717) is 0 Å². The Hall–Kier alpha value is -1.31. The number of amides is 1. The summed E-state index contributed by atoms with van der Waals surface area (Å²) in [6, 6.07) is 3.73. The van der Waals surface area contributed by atoms with Crippen molar-refractivity contribution in [1.29, 1.82) is 0 Å². The Morgan fingerprint density at radius 1 is 1.48 bits per heavy atom. The quantitative estimate of drug-likeness (QED) is 0.758. The van der Waals surface area contributed by atoms with E-state index in [2.05, 4.69) is 43.5 Å². The normalized spacial score (nSPS) is 16.9. The molecule has 3 rings (SSSR count). The van der Waals surface area contributed by atoms with Crippen LogP contribution in [0, 0.1) is 0 Å². The van der Waals surface area contributed by atoms with Crippen LogP contribution in [0.5, 0.6) is 0 Å². The number of hydrogen-bond acceptors (Lipinski definition) is 4. The Morgan fingerprint density at radius 3 is 3.05 bits per heavy atom. The summed E-state index contributed by atoms with van der Waals surface area (Å²) in [7, 11) is 0. The SMILES string of the molecule is CCCNC1C(=O)Nc2cc(Sc3ncc[nH]3)c(Br)cc21. The van der Waals surface area contributed by atoms with E-state index in [1.165, 1.54) is 11.8 Å². The van der Waals surface area contributed by atoms with Gasteiger partial charge in [0, 0.05) is 33.0 Å². The molecule has 1 unspecified atom stereocenters. The van der Waals surface area contributed by atoms with Crippen molar-refractivity contribution in [3.63, 3.8) is 0 Å². The largest absolute Gasteiger partial charge is 0.339 e. The van der Waals surface area contributed by atoms with E-state index in [1.54, 1.807) is 12.4 Å². The summed E-state index contributed by atoms with van der Waals surface area (Å²) in [5.74, 6) is 0.00509.